The van der Waals surface area contributed by atoms with Crippen molar-refractivity contribution >= 4 is 25.2 Å². The number of rotatable bonds is 5. The second-order valence-corrected chi connectivity index (χ2v) is 24.1. The highest BCUT2D eigenvalue weighted by atomic mass is 28.5. The SMILES string of the molecule is CC(C)(C)C[C@@H]1[C@H]2C=CCCC[C@H]2[Si]1(O[Si](C)(C)C)O[Si](C)(C)C. The highest BCUT2D eigenvalue weighted by Gasteiger charge is 2.68. The van der Waals surface area contributed by atoms with Crippen LogP contribution < -0.4 is 0 Å². The fourth-order valence-electron chi connectivity index (χ4n) is 4.56. The maximum atomic E-state index is 7.08. The molecule has 5 heteroatoms. The molecule has 1 aliphatic heterocycles. The lowest BCUT2D eigenvalue weighted by Gasteiger charge is -2.61. The van der Waals surface area contributed by atoms with Gasteiger partial charge in [-0.05, 0) is 76.3 Å². The Morgan fingerprint density at radius 3 is 2.00 bits per heavy atom. The lowest BCUT2D eigenvalue weighted by atomic mass is 9.83. The standard InChI is InChI=1S/C19H40O2Si3/c1-19(2,3)15-18-16-13-11-10-12-14-17(16)24(18,20-22(4,5)6)21-23(7,8)9/h11,13,16-18H,10,12,14-15H2,1-9H3/t16-,17+,18+/m0/s1. The molecule has 0 bridgehead atoms. The van der Waals surface area contributed by atoms with E-state index in [1.54, 1.807) is 0 Å². The van der Waals surface area contributed by atoms with E-state index in [0.717, 1.165) is 0 Å². The third-order valence-electron chi connectivity index (χ3n) is 4.97. The van der Waals surface area contributed by atoms with Crippen molar-refractivity contribution in [2.45, 2.75) is 96.8 Å². The van der Waals surface area contributed by atoms with E-state index >= 15 is 0 Å². The van der Waals surface area contributed by atoms with E-state index in [1.165, 1.54) is 25.7 Å². The summed E-state index contributed by atoms with van der Waals surface area (Å²) in [7, 11) is -5.45. The van der Waals surface area contributed by atoms with Gasteiger partial charge in [0.15, 0.2) is 16.6 Å². The van der Waals surface area contributed by atoms with Crippen LogP contribution in [-0.4, -0.2) is 25.2 Å². The van der Waals surface area contributed by atoms with Gasteiger partial charge in [0, 0.05) is 11.1 Å². The highest BCUT2D eigenvalue weighted by Crippen LogP contribution is 2.65. The first kappa shape index (κ1) is 20.6. The van der Waals surface area contributed by atoms with Crippen molar-refractivity contribution in [2.24, 2.45) is 11.3 Å². The quantitative estimate of drug-likeness (QED) is 0.389. The fourth-order valence-corrected chi connectivity index (χ4v) is 18.7. The highest BCUT2D eigenvalue weighted by molar-refractivity contribution is 6.91. The normalized spacial score (nSPS) is 30.5. The van der Waals surface area contributed by atoms with Crippen molar-refractivity contribution < 1.29 is 8.23 Å². The number of hydrogen-bond acceptors (Lipinski definition) is 2. The molecule has 0 spiro atoms. The van der Waals surface area contributed by atoms with Crippen LogP contribution in [-0.2, 0) is 8.23 Å². The van der Waals surface area contributed by atoms with Crippen LogP contribution in [0.25, 0.3) is 0 Å². The molecule has 3 atom stereocenters. The number of fused-ring (bicyclic) bond motifs is 1. The molecule has 2 rings (SSSR count). The molecular formula is C19H40O2Si3. The van der Waals surface area contributed by atoms with Crippen LogP contribution in [0.1, 0.15) is 46.5 Å². The van der Waals surface area contributed by atoms with E-state index in [2.05, 4.69) is 72.2 Å². The van der Waals surface area contributed by atoms with Gasteiger partial charge >= 0.3 is 8.56 Å². The van der Waals surface area contributed by atoms with E-state index in [4.69, 9.17) is 8.23 Å². The zero-order chi connectivity index (χ0) is 18.4. The predicted octanol–water partition coefficient (Wildman–Crippen LogP) is 6.68. The monoisotopic (exact) mass is 384 g/mol. The van der Waals surface area contributed by atoms with Gasteiger partial charge in [0.05, 0.1) is 0 Å². The molecule has 1 aliphatic carbocycles. The molecule has 1 heterocycles. The molecule has 1 fully saturated rings. The summed E-state index contributed by atoms with van der Waals surface area (Å²) in [4.78, 5) is 0. The van der Waals surface area contributed by atoms with Crippen LogP contribution >= 0.6 is 0 Å². The molecule has 0 saturated carbocycles. The Morgan fingerprint density at radius 2 is 1.54 bits per heavy atom. The minimum Gasteiger partial charge on any atom is -0.436 e. The minimum absolute atomic E-state index is 0.333. The summed E-state index contributed by atoms with van der Waals surface area (Å²) in [5, 5.41) is 0. The van der Waals surface area contributed by atoms with Gasteiger partial charge in [0.2, 0.25) is 0 Å². The summed E-state index contributed by atoms with van der Waals surface area (Å²) in [5.74, 6) is 0.700. The van der Waals surface area contributed by atoms with Crippen LogP contribution in [0.4, 0.5) is 0 Å². The van der Waals surface area contributed by atoms with Crippen LogP contribution in [0.15, 0.2) is 12.2 Å². The Labute approximate surface area is 153 Å². The van der Waals surface area contributed by atoms with Gasteiger partial charge in [0.25, 0.3) is 0 Å². The molecule has 0 amide bonds. The molecule has 0 radical (unpaired) electrons. The molecule has 0 aromatic heterocycles. The molecular weight excluding hydrogens is 344 g/mol. The summed E-state index contributed by atoms with van der Waals surface area (Å²) in [6.07, 6.45) is 10.0. The summed E-state index contributed by atoms with van der Waals surface area (Å²) in [6.45, 7) is 21.2. The van der Waals surface area contributed by atoms with Gasteiger partial charge < -0.3 is 8.23 Å². The van der Waals surface area contributed by atoms with Crippen LogP contribution in [0.3, 0.4) is 0 Å². The Bertz CT molecular complexity index is 452. The van der Waals surface area contributed by atoms with Crippen molar-refractivity contribution in [2.75, 3.05) is 0 Å². The van der Waals surface area contributed by atoms with Crippen LogP contribution in [0.2, 0.25) is 50.4 Å². The van der Waals surface area contributed by atoms with Crippen LogP contribution in [0.5, 0.6) is 0 Å². The van der Waals surface area contributed by atoms with Crippen molar-refractivity contribution in [3.63, 3.8) is 0 Å². The van der Waals surface area contributed by atoms with Gasteiger partial charge in [-0.25, -0.2) is 0 Å². The molecule has 2 aliphatic rings. The fraction of sp³-hybridized carbons (Fsp3) is 0.895. The van der Waals surface area contributed by atoms with E-state index in [1.807, 2.05) is 0 Å². The third-order valence-corrected chi connectivity index (χ3v) is 15.8. The lowest BCUT2D eigenvalue weighted by molar-refractivity contribution is 0.192. The Kier molecular flexibility index (Phi) is 5.84. The maximum absolute atomic E-state index is 7.08. The average molecular weight is 385 g/mol. The molecule has 0 aromatic carbocycles. The topological polar surface area (TPSA) is 18.5 Å². The molecule has 140 valence electrons. The Hall–Kier alpha value is 0.311. The summed E-state index contributed by atoms with van der Waals surface area (Å²) < 4.78 is 14.2. The first-order valence-electron chi connectivity index (χ1n) is 9.81. The lowest BCUT2D eigenvalue weighted by Crippen LogP contribution is -2.69. The van der Waals surface area contributed by atoms with Crippen molar-refractivity contribution in [3.8, 4) is 0 Å². The van der Waals surface area contributed by atoms with E-state index < -0.39 is 25.2 Å². The van der Waals surface area contributed by atoms with Crippen molar-refractivity contribution in [1.82, 2.24) is 0 Å². The smallest absolute Gasteiger partial charge is 0.325 e. The Morgan fingerprint density at radius 1 is 1.00 bits per heavy atom. The first-order chi connectivity index (χ1) is 10.7. The molecule has 2 nitrogen and oxygen atoms in total. The van der Waals surface area contributed by atoms with E-state index in [0.29, 0.717) is 22.4 Å². The van der Waals surface area contributed by atoms with Crippen molar-refractivity contribution in [3.05, 3.63) is 12.2 Å². The number of allylic oxidation sites excluding steroid dienone is 2. The van der Waals surface area contributed by atoms with E-state index in [9.17, 15) is 0 Å². The molecule has 24 heavy (non-hydrogen) atoms. The molecule has 0 N–H and O–H groups in total. The molecule has 0 aromatic rings. The zero-order valence-electron chi connectivity index (χ0n) is 17.5. The average Bonchev–Trinajstić information content (AvgIpc) is 2.54. The van der Waals surface area contributed by atoms with Crippen LogP contribution in [0, 0.1) is 11.3 Å². The van der Waals surface area contributed by atoms with Gasteiger partial charge in [-0.1, -0.05) is 32.9 Å². The summed E-state index contributed by atoms with van der Waals surface area (Å²) in [5.41, 5.74) is 1.65. The van der Waals surface area contributed by atoms with Gasteiger partial charge in [-0.15, -0.1) is 0 Å². The second-order valence-electron chi connectivity index (χ2n) is 11.1. The predicted molar refractivity (Wildman–Crippen MR) is 113 cm³/mol. The third kappa shape index (κ3) is 4.94. The molecule has 0 unspecified atom stereocenters. The van der Waals surface area contributed by atoms with Gasteiger partial charge in [0.1, 0.15) is 0 Å². The minimum atomic E-state index is -2.18. The van der Waals surface area contributed by atoms with Crippen molar-refractivity contribution in [1.29, 1.82) is 0 Å². The Balaban J connectivity index is 2.43. The molecule has 1 saturated heterocycles. The van der Waals surface area contributed by atoms with E-state index in [-0.39, 0.29) is 0 Å². The number of hydrogen-bond donors (Lipinski definition) is 0. The maximum Gasteiger partial charge on any atom is 0.325 e. The summed E-state index contributed by atoms with van der Waals surface area (Å²) >= 11 is 0. The summed E-state index contributed by atoms with van der Waals surface area (Å²) in [6, 6.07) is 0. The zero-order valence-corrected chi connectivity index (χ0v) is 20.5. The van der Waals surface area contributed by atoms with Gasteiger partial charge in [-0.2, -0.15) is 0 Å². The largest absolute Gasteiger partial charge is 0.436 e. The first-order valence-corrected chi connectivity index (χ1v) is 18.6. The van der Waals surface area contributed by atoms with Gasteiger partial charge in [-0.3, -0.25) is 0 Å². The second kappa shape index (κ2) is 6.80.